The first kappa shape index (κ1) is 24.2. The fraction of sp³-hybridized carbons (Fsp3) is 0.269. The van der Waals surface area contributed by atoms with E-state index in [2.05, 4.69) is 32.2 Å². The van der Waals surface area contributed by atoms with Crippen LogP contribution in [0.2, 0.25) is 0 Å². The molecule has 4 heterocycles. The molecule has 0 aliphatic carbocycles. The minimum absolute atomic E-state index is 0.194. The van der Waals surface area contributed by atoms with E-state index in [1.807, 2.05) is 23.5 Å². The average Bonchev–Trinajstić information content (AvgIpc) is 3.54. The molecule has 1 N–H and O–H groups in total. The summed E-state index contributed by atoms with van der Waals surface area (Å²) in [5, 5.41) is 11.2. The zero-order chi connectivity index (χ0) is 26.3. The fourth-order valence-electron chi connectivity index (χ4n) is 4.51. The van der Waals surface area contributed by atoms with Gasteiger partial charge in [0.25, 0.3) is 5.91 Å². The minimum atomic E-state index is -0.293. The normalized spacial score (nSPS) is 12.9. The summed E-state index contributed by atoms with van der Waals surface area (Å²) in [6.45, 7) is 6.23. The summed E-state index contributed by atoms with van der Waals surface area (Å²) in [6.07, 6.45) is 4.04. The second kappa shape index (κ2) is 9.49. The number of amides is 1. The first-order valence-electron chi connectivity index (χ1n) is 11.7. The molecule has 1 aliphatic rings. The Morgan fingerprint density at radius 2 is 2.08 bits per heavy atom. The summed E-state index contributed by atoms with van der Waals surface area (Å²) in [7, 11) is 5.16. The van der Waals surface area contributed by atoms with Crippen LogP contribution in [-0.4, -0.2) is 57.2 Å². The number of aryl methyl sites for hydroxylation is 1. The van der Waals surface area contributed by atoms with Crippen molar-refractivity contribution in [3.05, 3.63) is 70.5 Å². The number of carbonyl (C=O) groups is 1. The van der Waals surface area contributed by atoms with Crippen LogP contribution in [0.1, 0.15) is 27.3 Å². The van der Waals surface area contributed by atoms with Gasteiger partial charge in [-0.2, -0.15) is 5.10 Å². The standard InChI is InChI=1S/C26H27FN8O2/c1-15-6-7-17(23-31-21(14-35(15)23)25(36)33(3)4)19-13-30-26(34(5)24(19)32-28-2)29-12-18-16-10-11-37-22(16)9-8-20(18)27/h6-9,13-14H,2,10-12H2,1,3-5H3,(H,29,30)/b32-24-. The number of carbonyl (C=O) groups excluding carboxylic acids is 1. The number of hydrogen-bond acceptors (Lipinski definition) is 7. The highest BCUT2D eigenvalue weighted by Gasteiger charge is 2.21. The molecule has 0 bridgehead atoms. The van der Waals surface area contributed by atoms with Crippen LogP contribution < -0.4 is 15.5 Å². The molecule has 0 saturated carbocycles. The molecule has 3 aromatic heterocycles. The van der Waals surface area contributed by atoms with Crippen LogP contribution in [0.5, 0.6) is 5.75 Å². The summed E-state index contributed by atoms with van der Waals surface area (Å²) in [6, 6.07) is 6.93. The number of nitrogens with one attached hydrogen (secondary N) is 1. The van der Waals surface area contributed by atoms with Gasteiger partial charge in [0, 0.05) is 81.2 Å². The quantitative estimate of drug-likeness (QED) is 0.323. The molecule has 0 fully saturated rings. The highest BCUT2D eigenvalue weighted by Crippen LogP contribution is 2.30. The Morgan fingerprint density at radius 3 is 2.84 bits per heavy atom. The predicted octanol–water partition coefficient (Wildman–Crippen LogP) is 2.95. The maximum Gasteiger partial charge on any atom is 0.273 e. The SMILES string of the molecule is C=N/N=c1/c(-c2ccc(C)n3cc(C(=O)N(C)C)nc23)cnc(NCc2c(F)ccc3c2CCO3)n1C. The smallest absolute Gasteiger partial charge is 0.273 e. The molecule has 1 aromatic carbocycles. The first-order chi connectivity index (χ1) is 17.8. The molecule has 0 unspecified atom stereocenters. The van der Waals surface area contributed by atoms with Crippen LogP contribution in [0.3, 0.4) is 0 Å². The second-order valence-corrected chi connectivity index (χ2v) is 8.98. The van der Waals surface area contributed by atoms with E-state index in [1.165, 1.54) is 11.0 Å². The molecule has 0 spiro atoms. The number of fused-ring (bicyclic) bond motifs is 2. The molecular formula is C26H27FN8O2. The monoisotopic (exact) mass is 502 g/mol. The molecular weight excluding hydrogens is 475 g/mol. The van der Waals surface area contributed by atoms with Gasteiger partial charge in [0.1, 0.15) is 22.9 Å². The van der Waals surface area contributed by atoms with Crippen molar-refractivity contribution >= 4 is 24.2 Å². The minimum Gasteiger partial charge on any atom is -0.493 e. The molecule has 37 heavy (non-hydrogen) atoms. The van der Waals surface area contributed by atoms with Gasteiger partial charge >= 0.3 is 0 Å². The Kier molecular flexibility index (Phi) is 6.20. The van der Waals surface area contributed by atoms with E-state index in [-0.39, 0.29) is 18.3 Å². The second-order valence-electron chi connectivity index (χ2n) is 8.98. The summed E-state index contributed by atoms with van der Waals surface area (Å²) in [5.41, 5.74) is 5.12. The molecule has 5 rings (SSSR count). The van der Waals surface area contributed by atoms with Gasteiger partial charge in [0.15, 0.2) is 5.49 Å². The van der Waals surface area contributed by atoms with Crippen molar-refractivity contribution in [2.75, 3.05) is 26.0 Å². The molecule has 0 atom stereocenters. The van der Waals surface area contributed by atoms with Crippen LogP contribution in [-0.2, 0) is 20.0 Å². The molecule has 1 amide bonds. The summed E-state index contributed by atoms with van der Waals surface area (Å²) < 4.78 is 23.8. The van der Waals surface area contributed by atoms with E-state index >= 15 is 0 Å². The topological polar surface area (TPSA) is 101 Å². The molecule has 10 nitrogen and oxygen atoms in total. The van der Waals surface area contributed by atoms with E-state index in [9.17, 15) is 9.18 Å². The maximum absolute atomic E-state index is 14.6. The predicted molar refractivity (Wildman–Crippen MR) is 138 cm³/mol. The van der Waals surface area contributed by atoms with Crippen LogP contribution in [0.4, 0.5) is 10.3 Å². The lowest BCUT2D eigenvalue weighted by atomic mass is 10.0. The van der Waals surface area contributed by atoms with Gasteiger partial charge in [0.2, 0.25) is 5.95 Å². The van der Waals surface area contributed by atoms with Gasteiger partial charge in [0.05, 0.1) is 6.61 Å². The maximum atomic E-state index is 14.6. The van der Waals surface area contributed by atoms with Crippen LogP contribution >= 0.6 is 0 Å². The number of imidazole rings is 1. The van der Waals surface area contributed by atoms with Gasteiger partial charge in [-0.1, -0.05) is 0 Å². The lowest BCUT2D eigenvalue weighted by molar-refractivity contribution is 0.0822. The number of benzene rings is 1. The summed E-state index contributed by atoms with van der Waals surface area (Å²) in [4.78, 5) is 23.3. The zero-order valence-corrected chi connectivity index (χ0v) is 21.1. The Labute approximate surface area is 212 Å². The Bertz CT molecular complexity index is 1620. The number of halogens is 1. The summed E-state index contributed by atoms with van der Waals surface area (Å²) in [5.74, 6) is 0.697. The molecule has 190 valence electrons. The van der Waals surface area contributed by atoms with Crippen molar-refractivity contribution in [1.82, 2.24) is 23.8 Å². The number of rotatable bonds is 6. The average molecular weight is 503 g/mol. The zero-order valence-electron chi connectivity index (χ0n) is 21.1. The van der Waals surface area contributed by atoms with Crippen molar-refractivity contribution in [3.8, 4) is 16.9 Å². The third kappa shape index (κ3) is 4.22. The van der Waals surface area contributed by atoms with Crippen LogP contribution in [0.15, 0.2) is 46.9 Å². The van der Waals surface area contributed by atoms with Crippen LogP contribution in [0.25, 0.3) is 16.8 Å². The number of ether oxygens (including phenoxy) is 1. The van der Waals surface area contributed by atoms with Gasteiger partial charge < -0.3 is 19.4 Å². The van der Waals surface area contributed by atoms with Gasteiger partial charge in [-0.25, -0.2) is 14.4 Å². The number of aromatic nitrogens is 4. The van der Waals surface area contributed by atoms with Crippen molar-refractivity contribution < 1.29 is 13.9 Å². The molecule has 0 saturated heterocycles. The van der Waals surface area contributed by atoms with Crippen LogP contribution in [0, 0.1) is 12.7 Å². The third-order valence-electron chi connectivity index (χ3n) is 6.46. The van der Waals surface area contributed by atoms with Gasteiger partial charge in [-0.05, 0) is 31.2 Å². The third-order valence-corrected chi connectivity index (χ3v) is 6.46. The lowest BCUT2D eigenvalue weighted by Gasteiger charge is -2.15. The van der Waals surface area contributed by atoms with E-state index in [0.29, 0.717) is 52.7 Å². The lowest BCUT2D eigenvalue weighted by Crippen LogP contribution is -2.25. The largest absolute Gasteiger partial charge is 0.493 e. The summed E-state index contributed by atoms with van der Waals surface area (Å²) >= 11 is 0. The fourth-order valence-corrected chi connectivity index (χ4v) is 4.51. The van der Waals surface area contributed by atoms with Crippen molar-refractivity contribution in [3.63, 3.8) is 0 Å². The number of pyridine rings is 1. The molecule has 4 aromatic rings. The highest BCUT2D eigenvalue weighted by atomic mass is 19.1. The Hall–Kier alpha value is -4.54. The van der Waals surface area contributed by atoms with Gasteiger partial charge in [-0.3, -0.25) is 9.36 Å². The van der Waals surface area contributed by atoms with E-state index in [0.717, 1.165) is 16.8 Å². The Morgan fingerprint density at radius 1 is 1.27 bits per heavy atom. The Balaban J connectivity index is 1.57. The van der Waals surface area contributed by atoms with Crippen molar-refractivity contribution in [2.45, 2.75) is 19.9 Å². The molecule has 11 heteroatoms. The number of anilines is 1. The highest BCUT2D eigenvalue weighted by molar-refractivity contribution is 5.93. The van der Waals surface area contributed by atoms with Gasteiger partial charge in [-0.15, -0.1) is 5.10 Å². The molecule has 0 radical (unpaired) electrons. The first-order valence-corrected chi connectivity index (χ1v) is 11.7. The van der Waals surface area contributed by atoms with E-state index in [4.69, 9.17) is 4.74 Å². The van der Waals surface area contributed by atoms with E-state index < -0.39 is 0 Å². The number of hydrogen-bond donors (Lipinski definition) is 1. The van der Waals surface area contributed by atoms with Crippen molar-refractivity contribution in [1.29, 1.82) is 0 Å². The van der Waals surface area contributed by atoms with Crippen molar-refractivity contribution in [2.24, 2.45) is 17.3 Å². The number of nitrogens with zero attached hydrogens (tertiary/aromatic N) is 7. The molecule has 1 aliphatic heterocycles. The van der Waals surface area contributed by atoms with E-state index in [1.54, 1.807) is 44.2 Å².